The van der Waals surface area contributed by atoms with Gasteiger partial charge >= 0.3 is 0 Å². The lowest BCUT2D eigenvalue weighted by atomic mass is 9.96. The summed E-state index contributed by atoms with van der Waals surface area (Å²) in [5, 5.41) is 0. The Morgan fingerprint density at radius 1 is 0.800 bits per heavy atom. The fraction of sp³-hybridized carbons (Fsp3) is 0.200. The molecule has 0 spiro atoms. The second-order valence-corrected chi connectivity index (χ2v) is 5.65. The van der Waals surface area contributed by atoms with Crippen LogP contribution >= 0.6 is 0 Å². The molecule has 0 atom stereocenters. The summed E-state index contributed by atoms with van der Waals surface area (Å²) in [5.74, 6) is 0. The van der Waals surface area contributed by atoms with Crippen molar-refractivity contribution in [3.8, 4) is 0 Å². The maximum absolute atomic E-state index is 2.36. The highest BCUT2D eigenvalue weighted by Crippen LogP contribution is 2.53. The van der Waals surface area contributed by atoms with Gasteiger partial charge in [0, 0.05) is 0 Å². The first-order valence-electron chi connectivity index (χ1n) is 7.54. The predicted octanol–water partition coefficient (Wildman–Crippen LogP) is 5.66. The molecular weight excluding hydrogens is 240 g/mol. The van der Waals surface area contributed by atoms with Crippen molar-refractivity contribution in [3.05, 3.63) is 70.8 Å². The number of unbranched alkanes of at least 4 members (excludes halogenated alkanes) is 1. The van der Waals surface area contributed by atoms with Gasteiger partial charge in [-0.2, -0.15) is 0 Å². The molecule has 2 aromatic carbocycles. The van der Waals surface area contributed by atoms with E-state index >= 15 is 0 Å². The molecule has 0 bridgehead atoms. The normalized spacial score (nSPS) is 14.9. The lowest BCUT2D eigenvalue weighted by Crippen LogP contribution is -1.87. The summed E-state index contributed by atoms with van der Waals surface area (Å²) in [4.78, 5) is 0. The van der Waals surface area contributed by atoms with Crippen LogP contribution in [0.2, 0.25) is 0 Å². The molecule has 0 aliphatic heterocycles. The minimum absolute atomic E-state index is 1.19. The van der Waals surface area contributed by atoms with Gasteiger partial charge < -0.3 is 0 Å². The monoisotopic (exact) mass is 258 g/mol. The number of benzene rings is 2. The summed E-state index contributed by atoms with van der Waals surface area (Å²) in [7, 11) is 0. The van der Waals surface area contributed by atoms with Crippen LogP contribution in [0, 0.1) is 0 Å². The Labute approximate surface area is 120 Å². The van der Waals surface area contributed by atoms with Gasteiger partial charge in [-0.05, 0) is 57.9 Å². The van der Waals surface area contributed by atoms with Crippen LogP contribution in [0.25, 0.3) is 22.8 Å². The number of fused-ring (bicyclic) bond motifs is 5. The summed E-state index contributed by atoms with van der Waals surface area (Å²) < 4.78 is 0. The second-order valence-electron chi connectivity index (χ2n) is 5.65. The molecule has 0 heterocycles. The fourth-order valence-corrected chi connectivity index (χ4v) is 3.49. The summed E-state index contributed by atoms with van der Waals surface area (Å²) in [5.41, 5.74) is 10.2. The van der Waals surface area contributed by atoms with Gasteiger partial charge in [0.05, 0.1) is 0 Å². The summed E-state index contributed by atoms with van der Waals surface area (Å²) in [6, 6.07) is 17.7. The molecule has 0 N–H and O–H groups in total. The van der Waals surface area contributed by atoms with E-state index in [2.05, 4.69) is 61.5 Å². The zero-order valence-corrected chi connectivity index (χ0v) is 11.8. The van der Waals surface area contributed by atoms with E-state index < -0.39 is 0 Å². The molecule has 0 nitrogen and oxygen atoms in total. The Hall–Kier alpha value is -2.08. The van der Waals surface area contributed by atoms with Crippen molar-refractivity contribution in [1.29, 1.82) is 0 Å². The molecule has 98 valence electrons. The van der Waals surface area contributed by atoms with Crippen molar-refractivity contribution in [2.75, 3.05) is 0 Å². The molecule has 0 unspecified atom stereocenters. The minimum atomic E-state index is 1.19. The first-order valence-corrected chi connectivity index (χ1v) is 7.54. The summed E-state index contributed by atoms with van der Waals surface area (Å²) in [6.07, 6.45) is 6.07. The van der Waals surface area contributed by atoms with Crippen LogP contribution in [0.4, 0.5) is 0 Å². The number of rotatable bonds is 3. The van der Waals surface area contributed by atoms with Gasteiger partial charge in [-0.3, -0.25) is 0 Å². The maximum atomic E-state index is 2.36. The Kier molecular flexibility index (Phi) is 2.63. The van der Waals surface area contributed by atoms with E-state index in [4.69, 9.17) is 0 Å². The van der Waals surface area contributed by atoms with Crippen molar-refractivity contribution in [2.45, 2.75) is 26.2 Å². The molecule has 2 aliphatic rings. The van der Waals surface area contributed by atoms with Gasteiger partial charge in [0.1, 0.15) is 0 Å². The molecule has 0 radical (unpaired) electrons. The van der Waals surface area contributed by atoms with E-state index in [1.165, 1.54) is 52.7 Å². The van der Waals surface area contributed by atoms with Crippen molar-refractivity contribution in [2.24, 2.45) is 0 Å². The van der Waals surface area contributed by atoms with E-state index in [1.807, 2.05) is 0 Å². The molecule has 0 heteroatoms. The number of allylic oxidation sites excluding steroid dienone is 3. The quantitative estimate of drug-likeness (QED) is 0.666. The summed E-state index contributed by atoms with van der Waals surface area (Å²) >= 11 is 0. The number of hydrogen-bond acceptors (Lipinski definition) is 0. The molecular formula is C20H18. The molecule has 2 aromatic rings. The van der Waals surface area contributed by atoms with Crippen molar-refractivity contribution < 1.29 is 0 Å². The molecule has 0 aromatic heterocycles. The van der Waals surface area contributed by atoms with Gasteiger partial charge in [-0.25, -0.2) is 0 Å². The van der Waals surface area contributed by atoms with E-state index in [-0.39, 0.29) is 0 Å². The van der Waals surface area contributed by atoms with Gasteiger partial charge in [0.2, 0.25) is 0 Å². The molecule has 0 amide bonds. The van der Waals surface area contributed by atoms with Gasteiger partial charge in [0.25, 0.3) is 0 Å². The Morgan fingerprint density at radius 2 is 1.50 bits per heavy atom. The Balaban J connectivity index is 1.95. The largest absolute Gasteiger partial charge is 0.0654 e. The average molecular weight is 258 g/mol. The lowest BCUT2D eigenvalue weighted by Gasteiger charge is -2.08. The van der Waals surface area contributed by atoms with Crippen LogP contribution in [0.1, 0.15) is 48.4 Å². The molecule has 20 heavy (non-hydrogen) atoms. The Morgan fingerprint density at radius 3 is 2.30 bits per heavy atom. The van der Waals surface area contributed by atoms with Gasteiger partial charge in [-0.15, -0.1) is 0 Å². The first-order chi connectivity index (χ1) is 9.90. The van der Waals surface area contributed by atoms with E-state index in [9.17, 15) is 0 Å². The Bertz CT molecular complexity index is 744. The van der Waals surface area contributed by atoms with E-state index in [0.29, 0.717) is 0 Å². The van der Waals surface area contributed by atoms with E-state index in [0.717, 1.165) is 0 Å². The van der Waals surface area contributed by atoms with Gasteiger partial charge in [-0.1, -0.05) is 61.9 Å². The molecule has 0 saturated heterocycles. The predicted molar refractivity (Wildman–Crippen MR) is 87.1 cm³/mol. The van der Waals surface area contributed by atoms with Crippen molar-refractivity contribution in [1.82, 2.24) is 0 Å². The zero-order chi connectivity index (χ0) is 13.5. The summed E-state index contributed by atoms with van der Waals surface area (Å²) in [6.45, 7) is 2.27. The van der Waals surface area contributed by atoms with Crippen LogP contribution in [0.15, 0.2) is 48.5 Å². The van der Waals surface area contributed by atoms with Crippen molar-refractivity contribution >= 4 is 22.8 Å². The third-order valence-electron chi connectivity index (χ3n) is 4.42. The van der Waals surface area contributed by atoms with Crippen LogP contribution in [0.5, 0.6) is 0 Å². The molecule has 2 aliphatic carbocycles. The maximum Gasteiger partial charge on any atom is -0.00607 e. The first kappa shape index (κ1) is 11.7. The van der Waals surface area contributed by atoms with Crippen molar-refractivity contribution in [3.63, 3.8) is 0 Å². The topological polar surface area (TPSA) is 0 Å². The minimum Gasteiger partial charge on any atom is -0.0654 e. The highest BCUT2D eigenvalue weighted by Gasteiger charge is 2.30. The lowest BCUT2D eigenvalue weighted by molar-refractivity contribution is 0.825. The highest BCUT2D eigenvalue weighted by atomic mass is 14.3. The molecule has 0 saturated carbocycles. The zero-order valence-electron chi connectivity index (χ0n) is 11.8. The van der Waals surface area contributed by atoms with E-state index in [1.54, 1.807) is 5.57 Å². The fourth-order valence-electron chi connectivity index (χ4n) is 3.49. The van der Waals surface area contributed by atoms with Gasteiger partial charge in [0.15, 0.2) is 0 Å². The molecule has 0 fully saturated rings. The van der Waals surface area contributed by atoms with Crippen LogP contribution in [-0.2, 0) is 0 Å². The third-order valence-corrected chi connectivity index (χ3v) is 4.42. The van der Waals surface area contributed by atoms with Crippen LogP contribution in [-0.4, -0.2) is 0 Å². The highest BCUT2D eigenvalue weighted by molar-refractivity contribution is 6.29. The number of hydrogen-bond donors (Lipinski definition) is 0. The van der Waals surface area contributed by atoms with Crippen LogP contribution in [0.3, 0.4) is 0 Å². The SMILES string of the molecule is CCCCC1=C2C(=Cc3ccccc32)c2ccccc21. The molecule has 4 rings (SSSR count). The van der Waals surface area contributed by atoms with Crippen LogP contribution < -0.4 is 0 Å². The second kappa shape index (κ2) is 4.49. The smallest absolute Gasteiger partial charge is 0.00607 e. The third kappa shape index (κ3) is 1.54. The standard InChI is InChI=1S/C20H18/c1-2-3-9-18-16-11-6-7-12-17(16)19-13-14-8-4-5-10-15(14)20(18)19/h4-8,10-13H,2-3,9H2,1H3. The average Bonchev–Trinajstić information content (AvgIpc) is 3.01.